The minimum Gasteiger partial charge on any atom is -0.0619 e. The zero-order valence-corrected chi connectivity index (χ0v) is 13.9. The van der Waals surface area contributed by atoms with Gasteiger partial charge < -0.3 is 0 Å². The summed E-state index contributed by atoms with van der Waals surface area (Å²) in [7, 11) is 0. The number of hydrogen-bond donors (Lipinski definition) is 0. The molecule has 0 fully saturated rings. The average molecular weight is 298 g/mol. The van der Waals surface area contributed by atoms with E-state index in [0.717, 1.165) is 19.3 Å². The maximum Gasteiger partial charge on any atom is -0.00132 e. The summed E-state index contributed by atoms with van der Waals surface area (Å²) >= 11 is 0. The Bertz CT molecular complexity index is 849. The third-order valence-corrected chi connectivity index (χ3v) is 5.00. The number of rotatable bonds is 3. The summed E-state index contributed by atoms with van der Waals surface area (Å²) in [5.74, 6) is 0. The molecule has 0 spiro atoms. The SMILES string of the molecule is CCc1cc(CC)cc(-c2ccc3c(c2)Cc2ccccc2-3)c1. The molecular weight excluding hydrogens is 276 g/mol. The van der Waals surface area contributed by atoms with Crippen molar-refractivity contribution in [1.29, 1.82) is 0 Å². The van der Waals surface area contributed by atoms with Crippen molar-refractivity contribution >= 4 is 0 Å². The van der Waals surface area contributed by atoms with Crippen LogP contribution in [0, 0.1) is 0 Å². The Hall–Kier alpha value is -2.34. The van der Waals surface area contributed by atoms with Gasteiger partial charge in [0.05, 0.1) is 0 Å². The fourth-order valence-corrected chi connectivity index (χ4v) is 3.66. The molecule has 0 bridgehead atoms. The first-order chi connectivity index (χ1) is 11.3. The van der Waals surface area contributed by atoms with Crippen molar-refractivity contribution in [2.75, 3.05) is 0 Å². The van der Waals surface area contributed by atoms with Crippen LogP contribution in [0.15, 0.2) is 60.7 Å². The van der Waals surface area contributed by atoms with Gasteiger partial charge in [-0.2, -0.15) is 0 Å². The molecule has 0 saturated carbocycles. The molecule has 0 unspecified atom stereocenters. The normalized spacial score (nSPS) is 12.1. The largest absolute Gasteiger partial charge is 0.0619 e. The molecule has 23 heavy (non-hydrogen) atoms. The summed E-state index contributed by atoms with van der Waals surface area (Å²) in [6.07, 6.45) is 3.25. The average Bonchev–Trinajstić information content (AvgIpc) is 2.98. The van der Waals surface area contributed by atoms with Crippen molar-refractivity contribution < 1.29 is 0 Å². The lowest BCUT2D eigenvalue weighted by atomic mass is 9.95. The first-order valence-electron chi connectivity index (χ1n) is 8.63. The lowest BCUT2D eigenvalue weighted by Gasteiger charge is -2.10. The Kier molecular flexibility index (Phi) is 3.53. The number of benzene rings is 3. The first kappa shape index (κ1) is 14.3. The van der Waals surface area contributed by atoms with Gasteiger partial charge in [-0.1, -0.05) is 74.5 Å². The van der Waals surface area contributed by atoms with Gasteiger partial charge in [-0.05, 0) is 63.8 Å². The highest BCUT2D eigenvalue weighted by Crippen LogP contribution is 2.38. The van der Waals surface area contributed by atoms with Gasteiger partial charge in [-0.15, -0.1) is 0 Å². The van der Waals surface area contributed by atoms with Gasteiger partial charge in [-0.3, -0.25) is 0 Å². The quantitative estimate of drug-likeness (QED) is 0.432. The standard InChI is InChI=1S/C23H22/c1-3-16-11-17(4-2)13-20(12-16)18-9-10-23-21(14-18)15-19-7-5-6-8-22(19)23/h5-14H,3-4,15H2,1-2H3. The zero-order chi connectivity index (χ0) is 15.8. The molecule has 0 aromatic heterocycles. The highest BCUT2D eigenvalue weighted by molar-refractivity contribution is 5.80. The molecule has 1 aliphatic rings. The van der Waals surface area contributed by atoms with Crippen molar-refractivity contribution in [3.63, 3.8) is 0 Å². The third-order valence-electron chi connectivity index (χ3n) is 5.00. The van der Waals surface area contributed by atoms with Crippen LogP contribution in [0.25, 0.3) is 22.3 Å². The molecule has 0 heterocycles. The van der Waals surface area contributed by atoms with E-state index in [1.165, 1.54) is 44.5 Å². The van der Waals surface area contributed by atoms with Crippen molar-refractivity contribution in [2.24, 2.45) is 0 Å². The van der Waals surface area contributed by atoms with Crippen molar-refractivity contribution in [3.8, 4) is 22.3 Å². The summed E-state index contributed by atoms with van der Waals surface area (Å²) in [6.45, 7) is 4.47. The predicted octanol–water partition coefficient (Wildman–Crippen LogP) is 6.05. The van der Waals surface area contributed by atoms with Gasteiger partial charge in [0.25, 0.3) is 0 Å². The maximum absolute atomic E-state index is 2.39. The molecular formula is C23H22. The van der Waals surface area contributed by atoms with Gasteiger partial charge >= 0.3 is 0 Å². The lowest BCUT2D eigenvalue weighted by molar-refractivity contribution is 1.09. The summed E-state index contributed by atoms with van der Waals surface area (Å²) in [5, 5.41) is 0. The molecule has 114 valence electrons. The molecule has 0 heteroatoms. The molecule has 0 radical (unpaired) electrons. The molecule has 3 aromatic carbocycles. The van der Waals surface area contributed by atoms with E-state index in [1.807, 2.05) is 0 Å². The van der Waals surface area contributed by atoms with Gasteiger partial charge in [0.1, 0.15) is 0 Å². The second-order valence-corrected chi connectivity index (χ2v) is 6.45. The van der Waals surface area contributed by atoms with E-state index >= 15 is 0 Å². The van der Waals surface area contributed by atoms with Crippen LogP contribution in [0.4, 0.5) is 0 Å². The predicted molar refractivity (Wildman–Crippen MR) is 98.9 cm³/mol. The van der Waals surface area contributed by atoms with Gasteiger partial charge in [-0.25, -0.2) is 0 Å². The number of fused-ring (bicyclic) bond motifs is 3. The molecule has 1 aliphatic carbocycles. The minimum absolute atomic E-state index is 1.06. The molecule has 3 aromatic rings. The van der Waals surface area contributed by atoms with Crippen LogP contribution in [0.3, 0.4) is 0 Å². The van der Waals surface area contributed by atoms with Crippen molar-refractivity contribution in [1.82, 2.24) is 0 Å². The van der Waals surface area contributed by atoms with E-state index in [2.05, 4.69) is 74.5 Å². The summed E-state index contributed by atoms with van der Waals surface area (Å²) < 4.78 is 0. The Labute approximate surface area is 138 Å². The van der Waals surface area contributed by atoms with E-state index in [1.54, 1.807) is 0 Å². The van der Waals surface area contributed by atoms with Gasteiger partial charge in [0, 0.05) is 0 Å². The van der Waals surface area contributed by atoms with Crippen LogP contribution in [0.1, 0.15) is 36.1 Å². The van der Waals surface area contributed by atoms with Crippen LogP contribution in [-0.2, 0) is 19.3 Å². The van der Waals surface area contributed by atoms with Crippen LogP contribution in [-0.4, -0.2) is 0 Å². The zero-order valence-electron chi connectivity index (χ0n) is 13.9. The third kappa shape index (κ3) is 2.49. The summed E-state index contributed by atoms with van der Waals surface area (Å²) in [4.78, 5) is 0. The van der Waals surface area contributed by atoms with E-state index in [4.69, 9.17) is 0 Å². The Morgan fingerprint density at radius 3 is 2.09 bits per heavy atom. The Morgan fingerprint density at radius 2 is 1.35 bits per heavy atom. The summed E-state index contributed by atoms with van der Waals surface area (Å²) in [6, 6.07) is 22.8. The van der Waals surface area contributed by atoms with E-state index in [-0.39, 0.29) is 0 Å². The second-order valence-electron chi connectivity index (χ2n) is 6.45. The van der Waals surface area contributed by atoms with Crippen LogP contribution >= 0.6 is 0 Å². The number of hydrogen-bond acceptors (Lipinski definition) is 0. The van der Waals surface area contributed by atoms with E-state index < -0.39 is 0 Å². The molecule has 0 N–H and O–H groups in total. The fraction of sp³-hybridized carbons (Fsp3) is 0.217. The van der Waals surface area contributed by atoms with Gasteiger partial charge in [0.15, 0.2) is 0 Å². The van der Waals surface area contributed by atoms with Crippen molar-refractivity contribution in [3.05, 3.63) is 82.9 Å². The van der Waals surface area contributed by atoms with Crippen molar-refractivity contribution in [2.45, 2.75) is 33.1 Å². The second kappa shape index (κ2) is 5.70. The maximum atomic E-state index is 2.39. The highest BCUT2D eigenvalue weighted by Gasteiger charge is 2.18. The Morgan fingerprint density at radius 1 is 0.652 bits per heavy atom. The van der Waals surface area contributed by atoms with Crippen LogP contribution in [0.5, 0.6) is 0 Å². The lowest BCUT2D eigenvalue weighted by Crippen LogP contribution is -1.90. The smallest absolute Gasteiger partial charge is 0.00132 e. The molecule has 0 saturated heterocycles. The molecule has 4 rings (SSSR count). The fourth-order valence-electron chi connectivity index (χ4n) is 3.66. The molecule has 0 atom stereocenters. The van der Waals surface area contributed by atoms with E-state index in [0.29, 0.717) is 0 Å². The Balaban J connectivity index is 1.79. The van der Waals surface area contributed by atoms with Crippen LogP contribution in [0.2, 0.25) is 0 Å². The van der Waals surface area contributed by atoms with Crippen LogP contribution < -0.4 is 0 Å². The monoisotopic (exact) mass is 298 g/mol. The molecule has 0 amide bonds. The van der Waals surface area contributed by atoms with Gasteiger partial charge in [0.2, 0.25) is 0 Å². The summed E-state index contributed by atoms with van der Waals surface area (Å²) in [5.41, 5.74) is 11.3. The minimum atomic E-state index is 1.06. The highest BCUT2D eigenvalue weighted by atomic mass is 14.2. The van der Waals surface area contributed by atoms with E-state index in [9.17, 15) is 0 Å². The topological polar surface area (TPSA) is 0 Å². The number of aryl methyl sites for hydroxylation is 2. The molecule has 0 nitrogen and oxygen atoms in total. The molecule has 0 aliphatic heterocycles. The first-order valence-corrected chi connectivity index (χ1v) is 8.63.